The summed E-state index contributed by atoms with van der Waals surface area (Å²) in [5.41, 5.74) is 5.14. The highest BCUT2D eigenvalue weighted by Crippen LogP contribution is 2.39. The summed E-state index contributed by atoms with van der Waals surface area (Å²) < 4.78 is 30.3. The van der Waals surface area contributed by atoms with Crippen LogP contribution < -0.4 is 15.3 Å². The molecule has 0 aromatic heterocycles. The Labute approximate surface area is 195 Å². The van der Waals surface area contributed by atoms with Gasteiger partial charge in [0.05, 0.1) is 11.2 Å². The molecule has 0 heterocycles. The van der Waals surface area contributed by atoms with Crippen molar-refractivity contribution in [3.63, 3.8) is 0 Å². The van der Waals surface area contributed by atoms with Crippen LogP contribution in [0.25, 0.3) is 0 Å². The highest BCUT2D eigenvalue weighted by molar-refractivity contribution is 8.01. The zero-order valence-corrected chi connectivity index (χ0v) is 21.6. The van der Waals surface area contributed by atoms with E-state index in [9.17, 15) is 8.42 Å². The summed E-state index contributed by atoms with van der Waals surface area (Å²) >= 11 is 0. The van der Waals surface area contributed by atoms with Crippen LogP contribution in [0.15, 0.2) is 66.7 Å². The Hall–Kier alpha value is -2.16. The summed E-state index contributed by atoms with van der Waals surface area (Å²) in [6.07, 6.45) is 0. The van der Waals surface area contributed by atoms with Gasteiger partial charge in [0.25, 0.3) is 0 Å². The van der Waals surface area contributed by atoms with Gasteiger partial charge in [-0.1, -0.05) is 94.4 Å². The maximum absolute atomic E-state index is 13.6. The normalized spacial score (nSPS) is 12.0. The highest BCUT2D eigenvalue weighted by Gasteiger charge is 2.26. The molecule has 3 aromatic rings. The number of sulfonamides is 1. The van der Waals surface area contributed by atoms with Crippen molar-refractivity contribution in [1.29, 1.82) is 0 Å². The second-order valence-corrected chi connectivity index (χ2v) is 13.3. The number of rotatable bonds is 8. The molecule has 1 N–H and O–H groups in total. The van der Waals surface area contributed by atoms with Gasteiger partial charge in [-0.05, 0) is 66.5 Å². The average Bonchev–Trinajstić information content (AvgIpc) is 2.72. The number of para-hydroxylation sites is 1. The zero-order chi connectivity index (χ0) is 23.5. The smallest absolute Gasteiger partial charge is 0.237 e. The van der Waals surface area contributed by atoms with E-state index in [-0.39, 0.29) is 17.3 Å². The van der Waals surface area contributed by atoms with Crippen LogP contribution in [-0.4, -0.2) is 13.9 Å². The molecular formula is C27H34NO2PS. The molecule has 0 unspecified atom stereocenters. The monoisotopic (exact) mass is 467 g/mol. The quantitative estimate of drug-likeness (QED) is 0.391. The van der Waals surface area contributed by atoms with Crippen molar-refractivity contribution in [1.82, 2.24) is 0 Å². The summed E-state index contributed by atoms with van der Waals surface area (Å²) in [4.78, 5) is 0. The molecule has 3 rings (SSSR count). The minimum Gasteiger partial charge on any atom is -0.283 e. The first-order valence-corrected chi connectivity index (χ1v) is 14.3. The van der Waals surface area contributed by atoms with Crippen LogP contribution in [-0.2, 0) is 10.0 Å². The van der Waals surface area contributed by atoms with E-state index in [1.54, 1.807) is 0 Å². The molecule has 3 nitrogen and oxygen atoms in total. The molecule has 0 saturated heterocycles. The Bertz CT molecular complexity index is 1110. The third kappa shape index (κ3) is 5.60. The van der Waals surface area contributed by atoms with Gasteiger partial charge in [-0.2, -0.15) is 0 Å². The van der Waals surface area contributed by atoms with Crippen molar-refractivity contribution in [2.75, 3.05) is 10.2 Å². The largest absolute Gasteiger partial charge is 0.283 e. The highest BCUT2D eigenvalue weighted by atomic mass is 32.2. The molecule has 0 atom stereocenters. The lowest BCUT2D eigenvalue weighted by Crippen LogP contribution is -2.26. The van der Waals surface area contributed by atoms with Crippen LogP contribution >= 0.6 is 7.92 Å². The van der Waals surface area contributed by atoms with Gasteiger partial charge in [-0.3, -0.25) is 4.72 Å². The average molecular weight is 468 g/mol. The Balaban J connectivity index is 2.07. The van der Waals surface area contributed by atoms with E-state index in [0.29, 0.717) is 0 Å². The molecule has 0 saturated carbocycles. The molecule has 0 aliphatic rings. The fourth-order valence-electron chi connectivity index (χ4n) is 4.03. The minimum absolute atomic E-state index is 0.0575. The van der Waals surface area contributed by atoms with Crippen molar-refractivity contribution in [2.45, 2.75) is 53.4 Å². The molecule has 0 aliphatic heterocycles. The van der Waals surface area contributed by atoms with Gasteiger partial charge in [-0.25, -0.2) is 8.42 Å². The summed E-state index contributed by atoms with van der Waals surface area (Å²) in [5.74, 6) is 0.446. The van der Waals surface area contributed by atoms with Gasteiger partial charge < -0.3 is 0 Å². The molecule has 0 spiro atoms. The van der Waals surface area contributed by atoms with E-state index in [0.717, 1.165) is 38.6 Å². The molecule has 5 heteroatoms. The van der Waals surface area contributed by atoms with Gasteiger partial charge >= 0.3 is 0 Å². The number of aryl methyl sites for hydroxylation is 2. The van der Waals surface area contributed by atoms with Crippen LogP contribution in [0.4, 0.5) is 5.69 Å². The number of anilines is 1. The van der Waals surface area contributed by atoms with Crippen LogP contribution in [0.3, 0.4) is 0 Å². The van der Waals surface area contributed by atoms with Crippen LogP contribution in [0.5, 0.6) is 0 Å². The molecule has 0 bridgehead atoms. The van der Waals surface area contributed by atoms with E-state index in [4.69, 9.17) is 0 Å². The van der Waals surface area contributed by atoms with Crippen molar-refractivity contribution in [3.05, 3.63) is 89.0 Å². The van der Waals surface area contributed by atoms with Gasteiger partial charge in [0.2, 0.25) is 10.0 Å². The molecule has 0 amide bonds. The predicted octanol–water partition coefficient (Wildman–Crippen LogP) is 6.38. The van der Waals surface area contributed by atoms with E-state index in [1.165, 1.54) is 0 Å². The van der Waals surface area contributed by atoms with E-state index in [2.05, 4.69) is 70.5 Å². The molecule has 3 aromatic carbocycles. The van der Waals surface area contributed by atoms with Gasteiger partial charge in [0, 0.05) is 0 Å². The third-order valence-electron chi connectivity index (χ3n) is 5.74. The maximum atomic E-state index is 13.6. The molecule has 170 valence electrons. The maximum Gasteiger partial charge on any atom is 0.237 e. The topological polar surface area (TPSA) is 46.2 Å². The number of benzene rings is 3. The Kier molecular flexibility index (Phi) is 7.79. The molecule has 0 fully saturated rings. The minimum atomic E-state index is -3.60. The lowest BCUT2D eigenvalue weighted by Gasteiger charge is -2.25. The van der Waals surface area contributed by atoms with E-state index in [1.807, 2.05) is 42.5 Å². The lowest BCUT2D eigenvalue weighted by molar-refractivity contribution is 0.605. The summed E-state index contributed by atoms with van der Waals surface area (Å²) in [6, 6.07) is 22.4. The Morgan fingerprint density at radius 1 is 0.719 bits per heavy atom. The predicted molar refractivity (Wildman–Crippen MR) is 141 cm³/mol. The lowest BCUT2D eigenvalue weighted by atomic mass is 9.93. The van der Waals surface area contributed by atoms with Crippen LogP contribution in [0.1, 0.15) is 61.8 Å². The summed E-state index contributed by atoms with van der Waals surface area (Å²) in [7, 11) is -4.67. The van der Waals surface area contributed by atoms with E-state index < -0.39 is 17.9 Å². The Morgan fingerprint density at radius 2 is 1.16 bits per heavy atom. The fraction of sp³-hybridized carbons (Fsp3) is 0.333. The van der Waals surface area contributed by atoms with Crippen molar-refractivity contribution < 1.29 is 8.42 Å². The first-order valence-electron chi connectivity index (χ1n) is 11.1. The third-order valence-corrected chi connectivity index (χ3v) is 10.8. The van der Waals surface area contributed by atoms with Gasteiger partial charge in [0.1, 0.15) is 0 Å². The Morgan fingerprint density at radius 3 is 1.56 bits per heavy atom. The fourth-order valence-corrected chi connectivity index (χ4v) is 9.10. The number of hydrogen-bond donors (Lipinski definition) is 1. The standard InChI is InChI=1S/C27H34NO2PS/c1-19(2)23-14-11-15-24(20(3)4)27(23)28-32(29,30)18-31(25-16-9-7-12-21(25)5)26-17-10-8-13-22(26)6/h7-17,19-20,28H,18H2,1-6H3. The number of nitrogens with one attached hydrogen (secondary N) is 1. The van der Waals surface area contributed by atoms with Crippen molar-refractivity contribution in [2.24, 2.45) is 0 Å². The van der Waals surface area contributed by atoms with Crippen molar-refractivity contribution in [3.8, 4) is 0 Å². The first-order chi connectivity index (χ1) is 15.1. The molecular weight excluding hydrogens is 433 g/mol. The van der Waals surface area contributed by atoms with Gasteiger partial charge in [-0.15, -0.1) is 0 Å². The molecule has 0 aliphatic carbocycles. The SMILES string of the molecule is Cc1ccccc1P(CS(=O)(=O)Nc1c(C(C)C)cccc1C(C)C)c1ccccc1C. The van der Waals surface area contributed by atoms with Crippen LogP contribution in [0, 0.1) is 13.8 Å². The van der Waals surface area contributed by atoms with Crippen LogP contribution in [0.2, 0.25) is 0 Å². The van der Waals surface area contributed by atoms with Gasteiger partial charge in [0.15, 0.2) is 0 Å². The summed E-state index contributed by atoms with van der Waals surface area (Å²) in [6.45, 7) is 12.5. The van der Waals surface area contributed by atoms with Crippen molar-refractivity contribution >= 4 is 34.2 Å². The zero-order valence-electron chi connectivity index (χ0n) is 19.9. The second-order valence-electron chi connectivity index (χ2n) is 8.97. The van der Waals surface area contributed by atoms with E-state index >= 15 is 0 Å². The molecule has 32 heavy (non-hydrogen) atoms. The first kappa shape index (κ1) is 24.5. The second kappa shape index (κ2) is 10.2. The number of hydrogen-bond acceptors (Lipinski definition) is 2. The summed E-state index contributed by atoms with van der Waals surface area (Å²) in [5, 5.41) is 2.23. The molecule has 0 radical (unpaired) electrons.